The van der Waals surface area contributed by atoms with Crippen molar-refractivity contribution >= 4 is 71.2 Å². The van der Waals surface area contributed by atoms with Crippen LogP contribution in [0.1, 0.15) is 0 Å². The molecule has 0 unspecified atom stereocenters. The van der Waals surface area contributed by atoms with E-state index in [1.807, 2.05) is 0 Å². The highest BCUT2D eigenvalue weighted by Gasteiger charge is 2.21. The maximum Gasteiger partial charge on any atom is 0.0562 e. The molecule has 10 aromatic carbocycles. The summed E-state index contributed by atoms with van der Waals surface area (Å²) in [5.74, 6) is 0. The van der Waals surface area contributed by atoms with E-state index in [0.717, 1.165) is 22.7 Å². The van der Waals surface area contributed by atoms with Crippen molar-refractivity contribution in [3.8, 4) is 27.9 Å². The van der Waals surface area contributed by atoms with Gasteiger partial charge in [-0.2, -0.15) is 0 Å². The fourth-order valence-corrected chi connectivity index (χ4v) is 8.72. The summed E-state index contributed by atoms with van der Waals surface area (Å²) >= 11 is 0. The lowest BCUT2D eigenvalue weighted by atomic mass is 9.94. The number of anilines is 3. The van der Waals surface area contributed by atoms with Crippen LogP contribution < -0.4 is 4.90 Å². The number of hydrogen-bond acceptors (Lipinski definition) is 1. The lowest BCUT2D eigenvalue weighted by Crippen LogP contribution is -2.10. The quantitative estimate of drug-likeness (QED) is 0.156. The van der Waals surface area contributed by atoms with Gasteiger partial charge < -0.3 is 9.47 Å². The van der Waals surface area contributed by atoms with E-state index in [9.17, 15) is 0 Å². The van der Waals surface area contributed by atoms with Crippen molar-refractivity contribution < 1.29 is 0 Å². The minimum absolute atomic E-state index is 1.10. The third-order valence-corrected chi connectivity index (χ3v) is 11.3. The number of benzene rings is 10. The largest absolute Gasteiger partial charge is 0.310 e. The van der Waals surface area contributed by atoms with Gasteiger partial charge in [0, 0.05) is 27.8 Å². The van der Waals surface area contributed by atoms with Gasteiger partial charge in [0.1, 0.15) is 0 Å². The molecule has 0 aliphatic rings. The number of nitrogens with zero attached hydrogens (tertiary/aromatic N) is 2. The Hall–Kier alpha value is -7.42. The molecule has 0 aliphatic heterocycles. The van der Waals surface area contributed by atoms with Crippen LogP contribution in [0.5, 0.6) is 0 Å². The van der Waals surface area contributed by atoms with Crippen molar-refractivity contribution in [1.82, 2.24) is 4.57 Å². The molecular formula is C54H36N2. The van der Waals surface area contributed by atoms with Crippen LogP contribution in [0.2, 0.25) is 0 Å². The Balaban J connectivity index is 1.09. The first kappa shape index (κ1) is 32.0. The van der Waals surface area contributed by atoms with Gasteiger partial charge in [0.15, 0.2) is 0 Å². The van der Waals surface area contributed by atoms with Crippen LogP contribution in [0.4, 0.5) is 17.1 Å². The second-order valence-electron chi connectivity index (χ2n) is 14.5. The zero-order chi connectivity index (χ0) is 37.0. The molecule has 0 atom stereocenters. The molecule has 262 valence electrons. The lowest BCUT2D eigenvalue weighted by Gasteiger charge is -2.27. The number of para-hydroxylation sites is 2. The smallest absolute Gasteiger partial charge is 0.0562 e. The summed E-state index contributed by atoms with van der Waals surface area (Å²) in [7, 11) is 0. The summed E-state index contributed by atoms with van der Waals surface area (Å²) in [6.45, 7) is 0. The maximum absolute atomic E-state index is 2.43. The van der Waals surface area contributed by atoms with Crippen molar-refractivity contribution in [2.45, 2.75) is 0 Å². The van der Waals surface area contributed by atoms with Gasteiger partial charge in [-0.1, -0.05) is 158 Å². The second-order valence-corrected chi connectivity index (χ2v) is 14.5. The predicted octanol–water partition coefficient (Wildman–Crippen LogP) is 15.0. The molecule has 0 saturated heterocycles. The molecule has 0 spiro atoms. The van der Waals surface area contributed by atoms with E-state index in [2.05, 4.69) is 228 Å². The highest BCUT2D eigenvalue weighted by atomic mass is 15.1. The monoisotopic (exact) mass is 712 g/mol. The standard InChI is InChI=1S/C54H36N2/c1-3-13-37(14-4-1)41-16-11-19-45(35-41)55(52-23-12-24-53-54(52)49-21-9-10-22-51(49)56(53)43-17-5-2-6-18-43)44-31-27-38(28-32-44)42-26-25-40-30-33-47-46-20-8-7-15-39(46)29-34-48(47)50(40)36-42/h1-36H. The van der Waals surface area contributed by atoms with Gasteiger partial charge in [-0.05, 0) is 115 Å². The molecule has 1 heterocycles. The van der Waals surface area contributed by atoms with Gasteiger partial charge in [-0.25, -0.2) is 0 Å². The Morgan fingerprint density at radius 3 is 1.70 bits per heavy atom. The van der Waals surface area contributed by atoms with Gasteiger partial charge in [-0.3, -0.25) is 0 Å². The zero-order valence-electron chi connectivity index (χ0n) is 30.7. The van der Waals surface area contributed by atoms with Gasteiger partial charge in [-0.15, -0.1) is 0 Å². The van der Waals surface area contributed by atoms with E-state index in [0.29, 0.717) is 0 Å². The van der Waals surface area contributed by atoms with Crippen molar-refractivity contribution in [3.05, 3.63) is 218 Å². The molecule has 0 bridgehead atoms. The van der Waals surface area contributed by atoms with E-state index in [1.165, 1.54) is 76.4 Å². The minimum atomic E-state index is 1.10. The second kappa shape index (κ2) is 13.2. The summed E-state index contributed by atoms with van der Waals surface area (Å²) in [5.41, 5.74) is 11.6. The van der Waals surface area contributed by atoms with Crippen molar-refractivity contribution in [2.24, 2.45) is 0 Å². The van der Waals surface area contributed by atoms with Crippen LogP contribution in [-0.4, -0.2) is 4.57 Å². The SMILES string of the molecule is c1ccc(-c2cccc(N(c3ccc(-c4ccc5ccc6c7ccccc7ccc6c5c4)cc3)c3cccc4c3c3ccccc3n4-c3ccccc3)c2)cc1. The Kier molecular flexibility index (Phi) is 7.53. The molecule has 11 rings (SSSR count). The minimum Gasteiger partial charge on any atom is -0.310 e. The topological polar surface area (TPSA) is 8.17 Å². The highest BCUT2D eigenvalue weighted by Crippen LogP contribution is 2.45. The average Bonchev–Trinajstić information content (AvgIpc) is 3.62. The summed E-state index contributed by atoms with van der Waals surface area (Å²) < 4.78 is 2.39. The normalized spacial score (nSPS) is 11.6. The Morgan fingerprint density at radius 1 is 0.304 bits per heavy atom. The van der Waals surface area contributed by atoms with Crippen LogP contribution in [0, 0.1) is 0 Å². The Morgan fingerprint density at radius 2 is 0.875 bits per heavy atom. The van der Waals surface area contributed by atoms with Crippen molar-refractivity contribution in [3.63, 3.8) is 0 Å². The molecule has 1 aromatic heterocycles. The van der Waals surface area contributed by atoms with E-state index >= 15 is 0 Å². The van der Waals surface area contributed by atoms with Gasteiger partial charge >= 0.3 is 0 Å². The summed E-state index contributed by atoms with van der Waals surface area (Å²) in [5, 5.41) is 10.1. The summed E-state index contributed by atoms with van der Waals surface area (Å²) in [6.07, 6.45) is 0. The van der Waals surface area contributed by atoms with E-state index < -0.39 is 0 Å². The summed E-state index contributed by atoms with van der Waals surface area (Å²) in [4.78, 5) is 2.43. The molecule has 0 radical (unpaired) electrons. The van der Waals surface area contributed by atoms with Crippen molar-refractivity contribution in [1.29, 1.82) is 0 Å². The van der Waals surface area contributed by atoms with Crippen LogP contribution in [0.15, 0.2) is 218 Å². The molecular weight excluding hydrogens is 677 g/mol. The lowest BCUT2D eigenvalue weighted by molar-refractivity contribution is 1.18. The molecule has 0 aliphatic carbocycles. The van der Waals surface area contributed by atoms with Crippen molar-refractivity contribution in [2.75, 3.05) is 4.90 Å². The first-order valence-electron chi connectivity index (χ1n) is 19.3. The zero-order valence-corrected chi connectivity index (χ0v) is 30.7. The number of fused-ring (bicyclic) bond motifs is 8. The molecule has 2 nitrogen and oxygen atoms in total. The van der Waals surface area contributed by atoms with Gasteiger partial charge in [0.2, 0.25) is 0 Å². The van der Waals surface area contributed by atoms with Crippen LogP contribution in [0.25, 0.3) is 82.1 Å². The number of hydrogen-bond donors (Lipinski definition) is 0. The molecule has 0 amide bonds. The average molecular weight is 713 g/mol. The Labute approximate surface area is 325 Å². The third kappa shape index (κ3) is 5.26. The van der Waals surface area contributed by atoms with Gasteiger partial charge in [0.05, 0.1) is 16.7 Å². The Bertz CT molecular complexity index is 3230. The predicted molar refractivity (Wildman–Crippen MR) is 239 cm³/mol. The fraction of sp³-hybridized carbons (Fsp3) is 0. The molecule has 11 aromatic rings. The molecule has 0 fully saturated rings. The fourth-order valence-electron chi connectivity index (χ4n) is 8.72. The molecule has 56 heavy (non-hydrogen) atoms. The number of aromatic nitrogens is 1. The molecule has 0 N–H and O–H groups in total. The van der Waals surface area contributed by atoms with E-state index in [4.69, 9.17) is 0 Å². The van der Waals surface area contributed by atoms with Crippen LogP contribution in [-0.2, 0) is 0 Å². The van der Waals surface area contributed by atoms with E-state index in [-0.39, 0.29) is 0 Å². The summed E-state index contributed by atoms with van der Waals surface area (Å²) in [6, 6.07) is 79.5. The van der Waals surface area contributed by atoms with Crippen LogP contribution in [0.3, 0.4) is 0 Å². The first-order valence-corrected chi connectivity index (χ1v) is 19.3. The molecule has 0 saturated carbocycles. The first-order chi connectivity index (χ1) is 27.8. The molecule has 2 heteroatoms. The maximum atomic E-state index is 2.43. The highest BCUT2D eigenvalue weighted by molar-refractivity contribution is 6.18. The van der Waals surface area contributed by atoms with Crippen LogP contribution >= 0.6 is 0 Å². The van der Waals surface area contributed by atoms with E-state index in [1.54, 1.807) is 0 Å². The number of rotatable bonds is 6. The van der Waals surface area contributed by atoms with Gasteiger partial charge in [0.25, 0.3) is 0 Å². The third-order valence-electron chi connectivity index (χ3n) is 11.3.